The Morgan fingerprint density at radius 1 is 1.29 bits per heavy atom. The predicted molar refractivity (Wildman–Crippen MR) is 96.5 cm³/mol. The van der Waals surface area contributed by atoms with E-state index in [0.29, 0.717) is 12.3 Å². The first-order valence-corrected chi connectivity index (χ1v) is 9.38. The van der Waals surface area contributed by atoms with Crippen molar-refractivity contribution in [2.45, 2.75) is 19.4 Å². The average Bonchev–Trinajstić information content (AvgIpc) is 3.28. The number of nitrogens with one attached hydrogen (secondary N) is 1. The number of carbonyl (C=O) groups excluding carboxylic acids is 1. The Hall–Kier alpha value is -1.63. The number of thiophene rings is 1. The second-order valence-electron chi connectivity index (χ2n) is 6.20. The number of hydrogen-bond donors (Lipinski definition) is 1. The first-order chi connectivity index (χ1) is 11.7. The van der Waals surface area contributed by atoms with Crippen LogP contribution in [0.25, 0.3) is 0 Å². The Morgan fingerprint density at radius 2 is 2.08 bits per heavy atom. The largest absolute Gasteiger partial charge is 0.456 e. The quantitative estimate of drug-likeness (QED) is 0.873. The molecule has 2 aromatic heterocycles. The van der Waals surface area contributed by atoms with E-state index in [2.05, 4.69) is 39.7 Å². The molecule has 0 saturated carbocycles. The third-order valence-electron chi connectivity index (χ3n) is 4.54. The van der Waals surface area contributed by atoms with Crippen molar-refractivity contribution in [3.63, 3.8) is 0 Å². The molecule has 0 aliphatic carbocycles. The van der Waals surface area contributed by atoms with Gasteiger partial charge in [0.15, 0.2) is 5.76 Å². The summed E-state index contributed by atoms with van der Waals surface area (Å²) in [5, 5.41) is 5.15. The molecule has 0 spiro atoms. The lowest BCUT2D eigenvalue weighted by atomic mass is 10.1. The van der Waals surface area contributed by atoms with Crippen LogP contribution in [0.3, 0.4) is 0 Å². The molecule has 1 fully saturated rings. The zero-order valence-corrected chi connectivity index (χ0v) is 15.1. The first kappa shape index (κ1) is 17.2. The molecule has 1 aliphatic heterocycles. The highest BCUT2D eigenvalue weighted by Crippen LogP contribution is 2.25. The van der Waals surface area contributed by atoms with E-state index < -0.39 is 0 Å². The summed E-state index contributed by atoms with van der Waals surface area (Å²) in [4.78, 5) is 18.5. The van der Waals surface area contributed by atoms with Gasteiger partial charge in [0.2, 0.25) is 0 Å². The van der Waals surface area contributed by atoms with Crippen molar-refractivity contribution >= 4 is 17.2 Å². The maximum atomic E-state index is 12.4. The van der Waals surface area contributed by atoms with Crippen molar-refractivity contribution in [1.82, 2.24) is 15.1 Å². The Balaban J connectivity index is 1.64. The van der Waals surface area contributed by atoms with E-state index in [9.17, 15) is 4.79 Å². The minimum atomic E-state index is -0.134. The smallest absolute Gasteiger partial charge is 0.287 e. The first-order valence-electron chi connectivity index (χ1n) is 8.50. The van der Waals surface area contributed by atoms with Crippen molar-refractivity contribution in [1.29, 1.82) is 0 Å². The van der Waals surface area contributed by atoms with Crippen molar-refractivity contribution in [3.8, 4) is 0 Å². The van der Waals surface area contributed by atoms with Gasteiger partial charge in [-0.15, -0.1) is 11.3 Å². The molecule has 3 rings (SSSR count). The van der Waals surface area contributed by atoms with E-state index >= 15 is 0 Å². The zero-order valence-electron chi connectivity index (χ0n) is 14.3. The van der Waals surface area contributed by atoms with Crippen LogP contribution in [-0.2, 0) is 6.42 Å². The van der Waals surface area contributed by atoms with Crippen LogP contribution in [0.5, 0.6) is 0 Å². The second kappa shape index (κ2) is 7.96. The van der Waals surface area contributed by atoms with Crippen LogP contribution in [0.4, 0.5) is 0 Å². The fraction of sp³-hybridized carbons (Fsp3) is 0.500. The van der Waals surface area contributed by atoms with Crippen LogP contribution in [0.2, 0.25) is 0 Å². The summed E-state index contributed by atoms with van der Waals surface area (Å²) in [6, 6.07) is 8.08. The highest BCUT2D eigenvalue weighted by molar-refractivity contribution is 7.10. The van der Waals surface area contributed by atoms with Crippen LogP contribution in [0, 0.1) is 0 Å². The molecule has 1 saturated heterocycles. The molecule has 130 valence electrons. The van der Waals surface area contributed by atoms with Gasteiger partial charge >= 0.3 is 0 Å². The van der Waals surface area contributed by atoms with Gasteiger partial charge in [-0.25, -0.2) is 0 Å². The van der Waals surface area contributed by atoms with Crippen LogP contribution >= 0.6 is 11.3 Å². The minimum absolute atomic E-state index is 0.134. The van der Waals surface area contributed by atoms with Crippen LogP contribution in [0.1, 0.15) is 34.2 Å². The standard InChI is InChI=1S/C18H25N3O2S/c1-3-14-6-7-16(23-14)18(22)19-13-15(17-5-4-12-24-17)21-10-8-20(2)9-11-21/h4-7,12,15H,3,8-11,13H2,1-2H3,(H,19,22)/t15-/m1/s1. The number of amides is 1. The molecule has 2 aromatic rings. The fourth-order valence-electron chi connectivity index (χ4n) is 2.99. The van der Waals surface area contributed by atoms with Gasteiger partial charge in [0, 0.05) is 44.0 Å². The molecule has 0 aromatic carbocycles. The molecule has 0 radical (unpaired) electrons. The van der Waals surface area contributed by atoms with Crippen molar-refractivity contribution in [2.24, 2.45) is 0 Å². The lowest BCUT2D eigenvalue weighted by molar-refractivity contribution is 0.0865. The maximum absolute atomic E-state index is 12.4. The lowest BCUT2D eigenvalue weighted by Crippen LogP contribution is -2.48. The summed E-state index contributed by atoms with van der Waals surface area (Å²) >= 11 is 1.75. The van der Waals surface area contributed by atoms with Crippen LogP contribution in [-0.4, -0.2) is 55.5 Å². The van der Waals surface area contributed by atoms with Crippen molar-refractivity contribution in [2.75, 3.05) is 39.8 Å². The van der Waals surface area contributed by atoms with Crippen LogP contribution in [0.15, 0.2) is 34.1 Å². The van der Waals surface area contributed by atoms with E-state index in [1.54, 1.807) is 17.4 Å². The van der Waals surface area contributed by atoms with Gasteiger partial charge in [0.25, 0.3) is 5.91 Å². The number of furan rings is 1. The molecule has 1 atom stereocenters. The van der Waals surface area contributed by atoms with Gasteiger partial charge < -0.3 is 14.6 Å². The number of hydrogen-bond acceptors (Lipinski definition) is 5. The Kier molecular flexibility index (Phi) is 5.71. The molecule has 0 unspecified atom stereocenters. The van der Waals surface area contributed by atoms with Crippen LogP contribution < -0.4 is 5.32 Å². The second-order valence-corrected chi connectivity index (χ2v) is 7.18. The zero-order chi connectivity index (χ0) is 16.9. The molecule has 5 nitrogen and oxygen atoms in total. The molecule has 6 heteroatoms. The van der Waals surface area contributed by atoms with Gasteiger partial charge in [0.1, 0.15) is 5.76 Å². The third kappa shape index (κ3) is 4.06. The molecular formula is C18H25N3O2S. The lowest BCUT2D eigenvalue weighted by Gasteiger charge is -2.37. The third-order valence-corrected chi connectivity index (χ3v) is 5.51. The summed E-state index contributed by atoms with van der Waals surface area (Å²) in [6.45, 7) is 6.79. The van der Waals surface area contributed by atoms with E-state index in [4.69, 9.17) is 4.42 Å². The summed E-state index contributed by atoms with van der Waals surface area (Å²) < 4.78 is 5.55. The Morgan fingerprint density at radius 3 is 2.71 bits per heavy atom. The number of nitrogens with zero attached hydrogens (tertiary/aromatic N) is 2. The number of aryl methyl sites for hydroxylation is 1. The Bertz CT molecular complexity index is 645. The Labute approximate surface area is 147 Å². The summed E-state index contributed by atoms with van der Waals surface area (Å²) in [6.07, 6.45) is 0.798. The summed E-state index contributed by atoms with van der Waals surface area (Å²) in [7, 11) is 2.15. The average molecular weight is 347 g/mol. The topological polar surface area (TPSA) is 48.7 Å². The van der Waals surface area contributed by atoms with Gasteiger partial charge in [-0.3, -0.25) is 9.69 Å². The number of carbonyl (C=O) groups is 1. The van der Waals surface area contributed by atoms with Gasteiger partial charge in [-0.2, -0.15) is 0 Å². The van der Waals surface area contributed by atoms with E-state index in [1.807, 2.05) is 13.0 Å². The van der Waals surface area contributed by atoms with Gasteiger partial charge in [0.05, 0.1) is 6.04 Å². The number of rotatable bonds is 6. The summed E-state index contributed by atoms with van der Waals surface area (Å²) in [5.74, 6) is 1.11. The normalized spacial score (nSPS) is 17.8. The maximum Gasteiger partial charge on any atom is 0.287 e. The highest BCUT2D eigenvalue weighted by atomic mass is 32.1. The molecular weight excluding hydrogens is 322 g/mol. The molecule has 24 heavy (non-hydrogen) atoms. The number of piperazine rings is 1. The van der Waals surface area contributed by atoms with E-state index in [1.165, 1.54) is 4.88 Å². The van der Waals surface area contributed by atoms with Crippen molar-refractivity contribution < 1.29 is 9.21 Å². The molecule has 3 heterocycles. The van der Waals surface area contributed by atoms with E-state index in [-0.39, 0.29) is 11.9 Å². The fourth-order valence-corrected chi connectivity index (χ4v) is 3.85. The summed E-state index contributed by atoms with van der Waals surface area (Å²) in [5.41, 5.74) is 0. The van der Waals surface area contributed by atoms with Gasteiger partial charge in [-0.05, 0) is 30.6 Å². The predicted octanol–water partition coefficient (Wildman–Crippen LogP) is 2.62. The molecule has 1 aliphatic rings. The minimum Gasteiger partial charge on any atom is -0.456 e. The highest BCUT2D eigenvalue weighted by Gasteiger charge is 2.25. The monoisotopic (exact) mass is 347 g/mol. The number of likely N-dealkylation sites (N-methyl/N-ethyl adjacent to an activating group) is 1. The molecule has 0 bridgehead atoms. The van der Waals surface area contributed by atoms with Crippen molar-refractivity contribution in [3.05, 3.63) is 46.0 Å². The SMILES string of the molecule is CCc1ccc(C(=O)NC[C@H](c2cccs2)N2CCN(C)CC2)o1. The van der Waals surface area contributed by atoms with E-state index in [0.717, 1.165) is 38.4 Å². The molecule has 1 N–H and O–H groups in total. The van der Waals surface area contributed by atoms with Gasteiger partial charge in [-0.1, -0.05) is 13.0 Å². The molecule has 1 amide bonds.